The van der Waals surface area contributed by atoms with Gasteiger partial charge in [-0.1, -0.05) is 15.9 Å². The van der Waals surface area contributed by atoms with Crippen molar-refractivity contribution in [1.82, 2.24) is 14.5 Å². The lowest BCUT2D eigenvalue weighted by Gasteiger charge is -2.31. The van der Waals surface area contributed by atoms with Crippen molar-refractivity contribution in [2.45, 2.75) is 26.1 Å². The second-order valence-corrected chi connectivity index (χ2v) is 5.79. The molecule has 0 saturated heterocycles. The molecule has 0 spiro atoms. The number of benzene rings is 1. The van der Waals surface area contributed by atoms with Gasteiger partial charge in [0.1, 0.15) is 5.82 Å². The van der Waals surface area contributed by atoms with Crippen LogP contribution < -0.4 is 5.56 Å². The van der Waals surface area contributed by atoms with Crippen molar-refractivity contribution < 1.29 is 0 Å². The maximum atomic E-state index is 12.4. The van der Waals surface area contributed by atoms with Crippen molar-refractivity contribution in [2.24, 2.45) is 0 Å². The molecule has 3 rings (SSSR count). The molecule has 18 heavy (non-hydrogen) atoms. The lowest BCUT2D eigenvalue weighted by Crippen LogP contribution is -2.43. The molecule has 94 valence electrons. The second kappa shape index (κ2) is 4.17. The number of aromatic nitrogens is 2. The molecular formula is C13H14BrN3O. The van der Waals surface area contributed by atoms with Gasteiger partial charge >= 0.3 is 0 Å². The van der Waals surface area contributed by atoms with Gasteiger partial charge in [0.05, 0.1) is 17.4 Å². The van der Waals surface area contributed by atoms with E-state index in [1.165, 1.54) is 0 Å². The van der Waals surface area contributed by atoms with E-state index in [4.69, 9.17) is 0 Å². The molecule has 0 saturated carbocycles. The topological polar surface area (TPSA) is 38.1 Å². The van der Waals surface area contributed by atoms with Crippen molar-refractivity contribution in [3.63, 3.8) is 0 Å². The number of nitrogens with zero attached hydrogens (tertiary/aromatic N) is 3. The number of hydrogen-bond donors (Lipinski definition) is 0. The first-order valence-electron chi connectivity index (χ1n) is 5.95. The highest BCUT2D eigenvalue weighted by molar-refractivity contribution is 9.10. The monoisotopic (exact) mass is 307 g/mol. The summed E-state index contributed by atoms with van der Waals surface area (Å²) in [4.78, 5) is 19.3. The average molecular weight is 308 g/mol. The molecule has 1 aromatic heterocycles. The maximum absolute atomic E-state index is 12.4. The van der Waals surface area contributed by atoms with Crippen LogP contribution >= 0.6 is 15.9 Å². The summed E-state index contributed by atoms with van der Waals surface area (Å²) >= 11 is 3.42. The molecule has 4 nitrogen and oxygen atoms in total. The third-order valence-electron chi connectivity index (χ3n) is 3.59. The van der Waals surface area contributed by atoms with Gasteiger partial charge in [0.2, 0.25) is 0 Å². The van der Waals surface area contributed by atoms with Crippen LogP contribution in [0.1, 0.15) is 12.7 Å². The fourth-order valence-electron chi connectivity index (χ4n) is 2.33. The van der Waals surface area contributed by atoms with E-state index in [1.54, 1.807) is 4.57 Å². The highest BCUT2D eigenvalue weighted by Crippen LogP contribution is 2.19. The quantitative estimate of drug-likeness (QED) is 0.747. The van der Waals surface area contributed by atoms with Crippen molar-refractivity contribution >= 4 is 26.8 Å². The van der Waals surface area contributed by atoms with Crippen LogP contribution in [0.3, 0.4) is 0 Å². The predicted octanol–water partition coefficient (Wildman–Crippen LogP) is 1.99. The summed E-state index contributed by atoms with van der Waals surface area (Å²) in [6.07, 6.45) is 0. The summed E-state index contributed by atoms with van der Waals surface area (Å²) in [6, 6.07) is 5.99. The van der Waals surface area contributed by atoms with Crippen LogP contribution in [0.4, 0.5) is 0 Å². The number of hydrogen-bond acceptors (Lipinski definition) is 3. The third-order valence-corrected chi connectivity index (χ3v) is 4.08. The third kappa shape index (κ3) is 1.78. The normalized spacial score (nSPS) is 20.1. The van der Waals surface area contributed by atoms with Crippen LogP contribution in [0, 0.1) is 0 Å². The Labute approximate surface area is 113 Å². The Morgan fingerprint density at radius 2 is 2.22 bits per heavy atom. The van der Waals surface area contributed by atoms with Crippen molar-refractivity contribution in [3.8, 4) is 0 Å². The lowest BCUT2D eigenvalue weighted by molar-refractivity contribution is 0.183. The highest BCUT2D eigenvalue weighted by Gasteiger charge is 2.22. The van der Waals surface area contributed by atoms with Crippen LogP contribution in [0.15, 0.2) is 27.5 Å². The average Bonchev–Trinajstić information content (AvgIpc) is 2.32. The first kappa shape index (κ1) is 11.9. The SMILES string of the molecule is C[C@@H]1Cn2c(nc3cc(Br)ccc3c2=O)CN1C. The summed E-state index contributed by atoms with van der Waals surface area (Å²) in [5, 5.41) is 0.693. The van der Waals surface area contributed by atoms with E-state index in [0.29, 0.717) is 18.0 Å². The first-order valence-corrected chi connectivity index (χ1v) is 6.75. The van der Waals surface area contributed by atoms with Crippen LogP contribution in [0.2, 0.25) is 0 Å². The zero-order valence-corrected chi connectivity index (χ0v) is 11.9. The van der Waals surface area contributed by atoms with E-state index in [1.807, 2.05) is 18.2 Å². The van der Waals surface area contributed by atoms with E-state index < -0.39 is 0 Å². The van der Waals surface area contributed by atoms with Gasteiger partial charge < -0.3 is 0 Å². The summed E-state index contributed by atoms with van der Waals surface area (Å²) in [6.45, 7) is 3.56. The zero-order valence-electron chi connectivity index (χ0n) is 10.4. The van der Waals surface area contributed by atoms with E-state index in [2.05, 4.69) is 39.8 Å². The van der Waals surface area contributed by atoms with Gasteiger partial charge in [-0.15, -0.1) is 0 Å². The molecule has 1 aliphatic heterocycles. The molecule has 0 aliphatic carbocycles. The molecular weight excluding hydrogens is 294 g/mol. The Morgan fingerprint density at radius 3 is 3.00 bits per heavy atom. The standard InChI is InChI=1S/C13H14BrN3O/c1-8-6-17-12(7-16(8)2)15-11-5-9(14)3-4-10(11)13(17)18/h3-5,8H,6-7H2,1-2H3/t8-/m1/s1. The fraction of sp³-hybridized carbons (Fsp3) is 0.385. The van der Waals surface area contributed by atoms with Crippen LogP contribution in [0.25, 0.3) is 10.9 Å². The van der Waals surface area contributed by atoms with Gasteiger partial charge in [0.15, 0.2) is 0 Å². The Kier molecular flexibility index (Phi) is 2.75. The minimum atomic E-state index is 0.0717. The Bertz CT molecular complexity index is 680. The van der Waals surface area contributed by atoms with Gasteiger partial charge in [0.25, 0.3) is 5.56 Å². The molecule has 0 unspecified atom stereocenters. The van der Waals surface area contributed by atoms with Crippen molar-refractivity contribution in [3.05, 3.63) is 38.9 Å². The molecule has 0 fully saturated rings. The first-order chi connectivity index (χ1) is 8.56. The lowest BCUT2D eigenvalue weighted by atomic mass is 10.2. The van der Waals surface area contributed by atoms with Gasteiger partial charge in [-0.3, -0.25) is 14.3 Å². The fourth-order valence-corrected chi connectivity index (χ4v) is 2.68. The largest absolute Gasteiger partial charge is 0.295 e. The summed E-state index contributed by atoms with van der Waals surface area (Å²) in [5.41, 5.74) is 0.839. The minimum Gasteiger partial charge on any atom is -0.295 e. The number of fused-ring (bicyclic) bond motifs is 2. The van der Waals surface area contributed by atoms with E-state index >= 15 is 0 Å². The van der Waals surface area contributed by atoms with Crippen LogP contribution in [-0.2, 0) is 13.1 Å². The van der Waals surface area contributed by atoms with Gasteiger partial charge in [-0.25, -0.2) is 4.98 Å². The molecule has 1 atom stereocenters. The Balaban J connectivity index is 2.29. The van der Waals surface area contributed by atoms with Crippen molar-refractivity contribution in [2.75, 3.05) is 7.05 Å². The molecule has 1 aromatic carbocycles. The number of halogens is 1. The van der Waals surface area contributed by atoms with E-state index in [0.717, 1.165) is 22.4 Å². The maximum Gasteiger partial charge on any atom is 0.261 e. The predicted molar refractivity (Wildman–Crippen MR) is 74.6 cm³/mol. The van der Waals surface area contributed by atoms with Crippen LogP contribution in [-0.4, -0.2) is 27.5 Å². The number of likely N-dealkylation sites (N-methyl/N-ethyl adjacent to an activating group) is 1. The molecule has 0 radical (unpaired) electrons. The molecule has 2 heterocycles. The van der Waals surface area contributed by atoms with E-state index in [-0.39, 0.29) is 5.56 Å². The highest BCUT2D eigenvalue weighted by atomic mass is 79.9. The molecule has 0 N–H and O–H groups in total. The molecule has 0 bridgehead atoms. The second-order valence-electron chi connectivity index (χ2n) is 4.87. The molecule has 2 aromatic rings. The zero-order chi connectivity index (χ0) is 12.9. The van der Waals surface area contributed by atoms with E-state index in [9.17, 15) is 4.79 Å². The number of rotatable bonds is 0. The molecule has 0 amide bonds. The van der Waals surface area contributed by atoms with Crippen molar-refractivity contribution in [1.29, 1.82) is 0 Å². The minimum absolute atomic E-state index is 0.0717. The Morgan fingerprint density at radius 1 is 1.44 bits per heavy atom. The van der Waals surface area contributed by atoms with Gasteiger partial charge in [0, 0.05) is 17.1 Å². The summed E-state index contributed by atoms with van der Waals surface area (Å²) < 4.78 is 2.75. The molecule has 1 aliphatic rings. The smallest absolute Gasteiger partial charge is 0.261 e. The van der Waals surface area contributed by atoms with Gasteiger partial charge in [-0.2, -0.15) is 0 Å². The summed E-state index contributed by atoms with van der Waals surface area (Å²) in [5.74, 6) is 0.853. The summed E-state index contributed by atoms with van der Waals surface area (Å²) in [7, 11) is 2.06. The van der Waals surface area contributed by atoms with Crippen LogP contribution in [0.5, 0.6) is 0 Å². The molecule has 5 heteroatoms. The Hall–Kier alpha value is -1.20. The van der Waals surface area contributed by atoms with Gasteiger partial charge in [-0.05, 0) is 32.2 Å².